The number of benzene rings is 1. The second-order valence-electron chi connectivity index (χ2n) is 5.18. The van der Waals surface area contributed by atoms with Crippen molar-refractivity contribution in [1.82, 2.24) is 4.90 Å². The van der Waals surface area contributed by atoms with E-state index in [9.17, 15) is 5.11 Å². The Labute approximate surface area is 103 Å². The lowest BCUT2D eigenvalue weighted by Gasteiger charge is -2.33. The molecule has 90 valence electrons. The number of aliphatic hydroxyl groups excluding tert-OH is 1. The molecule has 1 aromatic carbocycles. The minimum absolute atomic E-state index is 0.183. The first-order valence-corrected chi connectivity index (χ1v) is 5.79. The molecule has 0 aromatic heterocycles. The van der Waals surface area contributed by atoms with Crippen LogP contribution < -0.4 is 0 Å². The normalized spacial score (nSPS) is 14.2. The summed E-state index contributed by atoms with van der Waals surface area (Å²) in [7, 11) is 4.02. The van der Waals surface area contributed by atoms with E-state index in [1.807, 2.05) is 38.4 Å². The second-order valence-corrected chi connectivity index (χ2v) is 5.62. The predicted molar refractivity (Wildman–Crippen MR) is 68.7 cm³/mol. The highest BCUT2D eigenvalue weighted by Gasteiger charge is 2.29. The molecule has 3 heteroatoms. The summed E-state index contributed by atoms with van der Waals surface area (Å²) in [4.78, 5) is 2.08. The molecular formula is C13H20ClNO. The summed E-state index contributed by atoms with van der Waals surface area (Å²) < 4.78 is 0. The highest BCUT2D eigenvalue weighted by atomic mass is 35.5. The molecule has 1 atom stereocenters. The number of hydrogen-bond donors (Lipinski definition) is 1. The molecular weight excluding hydrogens is 222 g/mol. The molecule has 1 aromatic rings. The first-order valence-electron chi connectivity index (χ1n) is 5.41. The van der Waals surface area contributed by atoms with E-state index in [2.05, 4.69) is 18.7 Å². The summed E-state index contributed by atoms with van der Waals surface area (Å²) in [6.45, 7) is 4.95. The summed E-state index contributed by atoms with van der Waals surface area (Å²) in [6, 6.07) is 7.38. The molecule has 0 spiro atoms. The minimum Gasteiger partial charge on any atom is -0.388 e. The maximum absolute atomic E-state index is 10.3. The van der Waals surface area contributed by atoms with Crippen molar-refractivity contribution >= 4 is 11.6 Å². The Bertz CT molecular complexity index is 332. The second kappa shape index (κ2) is 5.17. The van der Waals surface area contributed by atoms with Crippen molar-refractivity contribution in [1.29, 1.82) is 0 Å². The zero-order chi connectivity index (χ0) is 12.3. The van der Waals surface area contributed by atoms with E-state index in [1.54, 1.807) is 0 Å². The summed E-state index contributed by atoms with van der Waals surface area (Å²) in [6.07, 6.45) is -0.479. The van der Waals surface area contributed by atoms with E-state index in [1.165, 1.54) is 0 Å². The van der Waals surface area contributed by atoms with Crippen molar-refractivity contribution in [2.45, 2.75) is 20.0 Å². The van der Waals surface area contributed by atoms with Crippen molar-refractivity contribution in [3.63, 3.8) is 0 Å². The lowest BCUT2D eigenvalue weighted by atomic mass is 9.82. The SMILES string of the molecule is CN(C)CC(C)(C)[C@@H](O)c1ccc(Cl)cc1. The number of hydrogen-bond acceptors (Lipinski definition) is 2. The van der Waals surface area contributed by atoms with E-state index >= 15 is 0 Å². The van der Waals surface area contributed by atoms with Crippen molar-refractivity contribution < 1.29 is 5.11 Å². The Hall–Kier alpha value is -0.570. The number of rotatable bonds is 4. The van der Waals surface area contributed by atoms with Gasteiger partial charge in [0.15, 0.2) is 0 Å². The maximum atomic E-state index is 10.3. The summed E-state index contributed by atoms with van der Waals surface area (Å²) >= 11 is 5.83. The van der Waals surface area contributed by atoms with Gasteiger partial charge in [-0.3, -0.25) is 0 Å². The number of nitrogens with zero attached hydrogens (tertiary/aromatic N) is 1. The molecule has 0 aliphatic heterocycles. The van der Waals surface area contributed by atoms with Gasteiger partial charge in [-0.25, -0.2) is 0 Å². The average Bonchev–Trinajstić information content (AvgIpc) is 2.16. The van der Waals surface area contributed by atoms with Crippen molar-refractivity contribution in [2.24, 2.45) is 5.41 Å². The van der Waals surface area contributed by atoms with Gasteiger partial charge in [0.1, 0.15) is 0 Å². The van der Waals surface area contributed by atoms with Crippen LogP contribution in [0.1, 0.15) is 25.5 Å². The average molecular weight is 242 g/mol. The van der Waals surface area contributed by atoms with Gasteiger partial charge in [-0.05, 0) is 31.8 Å². The summed E-state index contributed by atoms with van der Waals surface area (Å²) in [5.74, 6) is 0. The van der Waals surface area contributed by atoms with Crippen LogP contribution in [0.4, 0.5) is 0 Å². The first-order chi connectivity index (χ1) is 7.33. The van der Waals surface area contributed by atoms with Gasteiger partial charge in [-0.1, -0.05) is 37.6 Å². The topological polar surface area (TPSA) is 23.5 Å². The molecule has 1 N–H and O–H groups in total. The third-order valence-electron chi connectivity index (χ3n) is 2.65. The van der Waals surface area contributed by atoms with Gasteiger partial charge in [0.25, 0.3) is 0 Å². The Balaban J connectivity index is 2.84. The standard InChI is InChI=1S/C13H20ClNO/c1-13(2,9-15(3)4)12(16)10-5-7-11(14)8-6-10/h5-8,12,16H,9H2,1-4H3/t12-/m0/s1. The molecule has 0 saturated carbocycles. The van der Waals surface area contributed by atoms with Crippen molar-refractivity contribution in [2.75, 3.05) is 20.6 Å². The van der Waals surface area contributed by atoms with Crippen LogP contribution in [-0.4, -0.2) is 30.6 Å². The van der Waals surface area contributed by atoms with Crippen LogP contribution in [0.15, 0.2) is 24.3 Å². The van der Waals surface area contributed by atoms with E-state index in [-0.39, 0.29) is 5.41 Å². The van der Waals surface area contributed by atoms with Crippen molar-refractivity contribution in [3.05, 3.63) is 34.9 Å². The molecule has 0 heterocycles. The van der Waals surface area contributed by atoms with Crippen molar-refractivity contribution in [3.8, 4) is 0 Å². The molecule has 0 fully saturated rings. The largest absolute Gasteiger partial charge is 0.388 e. The Morgan fingerprint density at radius 1 is 1.25 bits per heavy atom. The Morgan fingerprint density at radius 2 is 1.75 bits per heavy atom. The monoisotopic (exact) mass is 241 g/mol. The molecule has 0 bridgehead atoms. The first kappa shape index (κ1) is 13.5. The molecule has 0 aliphatic carbocycles. The maximum Gasteiger partial charge on any atom is 0.0853 e. The van der Waals surface area contributed by atoms with Gasteiger partial charge in [-0.15, -0.1) is 0 Å². The fourth-order valence-corrected chi connectivity index (χ4v) is 2.12. The van der Waals surface area contributed by atoms with Crippen LogP contribution in [0.2, 0.25) is 5.02 Å². The quantitative estimate of drug-likeness (QED) is 0.876. The summed E-state index contributed by atoms with van der Waals surface area (Å²) in [5.41, 5.74) is 0.730. The van der Waals surface area contributed by atoms with Crippen LogP contribution in [0.3, 0.4) is 0 Å². The van der Waals surface area contributed by atoms with Gasteiger partial charge in [0, 0.05) is 17.0 Å². The van der Waals surface area contributed by atoms with E-state index < -0.39 is 6.10 Å². The molecule has 0 saturated heterocycles. The Kier molecular flexibility index (Phi) is 4.36. The highest BCUT2D eigenvalue weighted by Crippen LogP contribution is 2.34. The number of aliphatic hydroxyl groups is 1. The zero-order valence-corrected chi connectivity index (χ0v) is 11.1. The third-order valence-corrected chi connectivity index (χ3v) is 2.90. The number of halogens is 1. The van der Waals surface area contributed by atoms with Gasteiger partial charge in [0.05, 0.1) is 6.10 Å². The van der Waals surface area contributed by atoms with Gasteiger partial charge in [0.2, 0.25) is 0 Å². The fraction of sp³-hybridized carbons (Fsp3) is 0.538. The molecule has 0 aliphatic rings. The van der Waals surface area contributed by atoms with Crippen LogP contribution in [0.5, 0.6) is 0 Å². The molecule has 0 amide bonds. The van der Waals surface area contributed by atoms with Crippen LogP contribution in [0, 0.1) is 5.41 Å². The van der Waals surface area contributed by atoms with E-state index in [0.717, 1.165) is 12.1 Å². The van der Waals surface area contributed by atoms with Gasteiger partial charge < -0.3 is 10.0 Å². The van der Waals surface area contributed by atoms with Gasteiger partial charge in [-0.2, -0.15) is 0 Å². The molecule has 2 nitrogen and oxygen atoms in total. The molecule has 0 radical (unpaired) electrons. The molecule has 1 rings (SSSR count). The smallest absolute Gasteiger partial charge is 0.0853 e. The van der Waals surface area contributed by atoms with Crippen LogP contribution in [-0.2, 0) is 0 Å². The minimum atomic E-state index is -0.479. The molecule has 0 unspecified atom stereocenters. The van der Waals surface area contributed by atoms with E-state index in [0.29, 0.717) is 5.02 Å². The van der Waals surface area contributed by atoms with Crippen LogP contribution >= 0.6 is 11.6 Å². The Morgan fingerprint density at radius 3 is 2.19 bits per heavy atom. The fourth-order valence-electron chi connectivity index (χ4n) is 2.00. The van der Waals surface area contributed by atoms with E-state index in [4.69, 9.17) is 11.6 Å². The van der Waals surface area contributed by atoms with Crippen LogP contribution in [0.25, 0.3) is 0 Å². The predicted octanol–water partition coefficient (Wildman–Crippen LogP) is 2.96. The van der Waals surface area contributed by atoms with Gasteiger partial charge >= 0.3 is 0 Å². The third kappa shape index (κ3) is 3.48. The summed E-state index contributed by atoms with van der Waals surface area (Å²) in [5, 5.41) is 11.0. The molecule has 16 heavy (non-hydrogen) atoms. The highest BCUT2D eigenvalue weighted by molar-refractivity contribution is 6.30. The lowest BCUT2D eigenvalue weighted by Crippen LogP contribution is -2.33. The lowest BCUT2D eigenvalue weighted by molar-refractivity contribution is 0.0307. The zero-order valence-electron chi connectivity index (χ0n) is 10.4.